The standard InChI is InChI=1S/C22H23N3O4/c1-14-4-8-20(28-3)19(12-14)25-22(27)16-6-5-15(2)18(13-16)24-21(26)9-7-17-10-11-23-29-17/h4-6,8,10-13H,7,9H2,1-3H3,(H,24,26)(H,25,27). The van der Waals surface area contributed by atoms with Crippen LogP contribution in [0.2, 0.25) is 0 Å². The van der Waals surface area contributed by atoms with E-state index in [1.54, 1.807) is 43.6 Å². The summed E-state index contributed by atoms with van der Waals surface area (Å²) in [5.41, 5.74) is 3.49. The van der Waals surface area contributed by atoms with Crippen LogP contribution in [0.5, 0.6) is 5.75 Å². The zero-order chi connectivity index (χ0) is 20.8. The minimum Gasteiger partial charge on any atom is -0.495 e. The summed E-state index contributed by atoms with van der Waals surface area (Å²) in [4.78, 5) is 25.0. The van der Waals surface area contributed by atoms with E-state index in [0.29, 0.717) is 34.9 Å². The van der Waals surface area contributed by atoms with Crippen LogP contribution >= 0.6 is 0 Å². The number of benzene rings is 2. The molecule has 3 aromatic rings. The molecule has 0 saturated heterocycles. The summed E-state index contributed by atoms with van der Waals surface area (Å²) in [6.45, 7) is 3.81. The molecular formula is C22H23N3O4. The van der Waals surface area contributed by atoms with Gasteiger partial charge in [0.2, 0.25) is 5.91 Å². The third-order valence-electron chi connectivity index (χ3n) is 4.47. The number of methoxy groups -OCH3 is 1. The number of carbonyl (C=O) groups is 2. The lowest BCUT2D eigenvalue weighted by atomic mass is 10.1. The monoisotopic (exact) mass is 393 g/mol. The molecule has 0 radical (unpaired) electrons. The van der Waals surface area contributed by atoms with Crippen molar-refractivity contribution in [2.45, 2.75) is 26.7 Å². The normalized spacial score (nSPS) is 10.4. The van der Waals surface area contributed by atoms with Crippen molar-refractivity contribution in [1.29, 1.82) is 0 Å². The maximum atomic E-state index is 12.7. The quantitative estimate of drug-likeness (QED) is 0.630. The number of aromatic nitrogens is 1. The Hall–Kier alpha value is -3.61. The highest BCUT2D eigenvalue weighted by Gasteiger charge is 2.13. The van der Waals surface area contributed by atoms with Gasteiger partial charge in [0, 0.05) is 30.2 Å². The number of carbonyl (C=O) groups excluding carboxylic acids is 2. The molecule has 3 rings (SSSR count). The Bertz CT molecular complexity index is 1010. The highest BCUT2D eigenvalue weighted by molar-refractivity contribution is 6.06. The molecule has 0 spiro atoms. The lowest BCUT2D eigenvalue weighted by Crippen LogP contribution is -2.16. The second kappa shape index (κ2) is 9.05. The summed E-state index contributed by atoms with van der Waals surface area (Å²) < 4.78 is 10.3. The first-order valence-electron chi connectivity index (χ1n) is 9.22. The van der Waals surface area contributed by atoms with Crippen molar-refractivity contribution in [2.24, 2.45) is 0 Å². The molecule has 0 fully saturated rings. The van der Waals surface area contributed by atoms with Crippen LogP contribution in [0.1, 0.15) is 33.7 Å². The van der Waals surface area contributed by atoms with Crippen LogP contribution in [-0.4, -0.2) is 24.1 Å². The van der Waals surface area contributed by atoms with Crippen molar-refractivity contribution < 1.29 is 18.8 Å². The fourth-order valence-electron chi connectivity index (χ4n) is 2.83. The van der Waals surface area contributed by atoms with Crippen LogP contribution in [-0.2, 0) is 11.2 Å². The second-order valence-electron chi connectivity index (χ2n) is 6.71. The maximum Gasteiger partial charge on any atom is 0.255 e. The fraction of sp³-hybridized carbons (Fsp3) is 0.227. The van der Waals surface area contributed by atoms with Gasteiger partial charge in [0.05, 0.1) is 19.0 Å². The van der Waals surface area contributed by atoms with Gasteiger partial charge in [0.25, 0.3) is 5.91 Å². The molecule has 0 unspecified atom stereocenters. The van der Waals surface area contributed by atoms with Crippen molar-refractivity contribution in [2.75, 3.05) is 17.7 Å². The molecular weight excluding hydrogens is 370 g/mol. The molecule has 0 aliphatic rings. The van der Waals surface area contributed by atoms with Gasteiger partial charge in [-0.15, -0.1) is 0 Å². The molecule has 7 nitrogen and oxygen atoms in total. The van der Waals surface area contributed by atoms with Gasteiger partial charge in [0.1, 0.15) is 11.5 Å². The molecule has 2 aromatic carbocycles. The number of hydrogen-bond donors (Lipinski definition) is 2. The topological polar surface area (TPSA) is 93.5 Å². The van der Waals surface area contributed by atoms with E-state index in [2.05, 4.69) is 15.8 Å². The summed E-state index contributed by atoms with van der Waals surface area (Å²) in [5.74, 6) is 0.780. The minimum atomic E-state index is -0.286. The number of amides is 2. The van der Waals surface area contributed by atoms with Gasteiger partial charge in [-0.1, -0.05) is 17.3 Å². The van der Waals surface area contributed by atoms with Crippen LogP contribution in [0.4, 0.5) is 11.4 Å². The molecule has 1 aromatic heterocycles. The van der Waals surface area contributed by atoms with E-state index in [-0.39, 0.29) is 18.2 Å². The molecule has 2 amide bonds. The summed E-state index contributed by atoms with van der Waals surface area (Å²) in [6.07, 6.45) is 2.26. The van der Waals surface area contributed by atoms with Gasteiger partial charge in [-0.05, 0) is 49.2 Å². The van der Waals surface area contributed by atoms with Crippen molar-refractivity contribution >= 4 is 23.2 Å². The first-order chi connectivity index (χ1) is 14.0. The molecule has 2 N–H and O–H groups in total. The Morgan fingerprint density at radius 1 is 1.03 bits per heavy atom. The van der Waals surface area contributed by atoms with E-state index < -0.39 is 0 Å². The van der Waals surface area contributed by atoms with Crippen LogP contribution in [0, 0.1) is 13.8 Å². The van der Waals surface area contributed by atoms with E-state index in [1.165, 1.54) is 0 Å². The molecule has 150 valence electrons. The van der Waals surface area contributed by atoms with E-state index in [1.807, 2.05) is 26.0 Å². The largest absolute Gasteiger partial charge is 0.495 e. The lowest BCUT2D eigenvalue weighted by Gasteiger charge is -2.13. The van der Waals surface area contributed by atoms with Crippen molar-refractivity contribution in [3.63, 3.8) is 0 Å². The Morgan fingerprint density at radius 3 is 2.59 bits per heavy atom. The SMILES string of the molecule is COc1ccc(C)cc1NC(=O)c1ccc(C)c(NC(=O)CCc2ccno2)c1. The van der Waals surface area contributed by atoms with Gasteiger partial charge >= 0.3 is 0 Å². The number of nitrogens with one attached hydrogen (secondary N) is 2. The Balaban J connectivity index is 1.70. The van der Waals surface area contributed by atoms with E-state index in [0.717, 1.165) is 11.1 Å². The van der Waals surface area contributed by atoms with Crippen molar-refractivity contribution in [3.8, 4) is 5.75 Å². The second-order valence-corrected chi connectivity index (χ2v) is 6.71. The average molecular weight is 393 g/mol. The third kappa shape index (κ3) is 5.22. The molecule has 0 saturated carbocycles. The number of hydrogen-bond acceptors (Lipinski definition) is 5. The van der Waals surface area contributed by atoms with Gasteiger partial charge in [-0.3, -0.25) is 9.59 Å². The smallest absolute Gasteiger partial charge is 0.255 e. The lowest BCUT2D eigenvalue weighted by molar-refractivity contribution is -0.116. The van der Waals surface area contributed by atoms with E-state index in [9.17, 15) is 9.59 Å². The predicted octanol–water partition coefficient (Wildman–Crippen LogP) is 4.12. The maximum absolute atomic E-state index is 12.7. The molecule has 0 atom stereocenters. The zero-order valence-corrected chi connectivity index (χ0v) is 16.6. The summed E-state index contributed by atoms with van der Waals surface area (Å²) in [5, 5.41) is 9.35. The van der Waals surface area contributed by atoms with E-state index in [4.69, 9.17) is 9.26 Å². The Labute approximate surface area is 169 Å². The fourth-order valence-corrected chi connectivity index (χ4v) is 2.83. The number of rotatable bonds is 7. The van der Waals surface area contributed by atoms with Gasteiger partial charge < -0.3 is 19.9 Å². The molecule has 0 bridgehead atoms. The predicted molar refractivity (Wildman–Crippen MR) is 110 cm³/mol. The molecule has 0 aliphatic heterocycles. The van der Waals surface area contributed by atoms with Crippen LogP contribution < -0.4 is 15.4 Å². The first kappa shape index (κ1) is 20.1. The Morgan fingerprint density at radius 2 is 1.86 bits per heavy atom. The van der Waals surface area contributed by atoms with Crippen LogP contribution in [0.25, 0.3) is 0 Å². The molecule has 29 heavy (non-hydrogen) atoms. The highest BCUT2D eigenvalue weighted by Crippen LogP contribution is 2.26. The molecule has 7 heteroatoms. The number of anilines is 2. The van der Waals surface area contributed by atoms with Gasteiger partial charge in [0.15, 0.2) is 0 Å². The van der Waals surface area contributed by atoms with Crippen LogP contribution in [0.3, 0.4) is 0 Å². The van der Waals surface area contributed by atoms with Gasteiger partial charge in [-0.2, -0.15) is 0 Å². The van der Waals surface area contributed by atoms with Crippen molar-refractivity contribution in [1.82, 2.24) is 5.16 Å². The van der Waals surface area contributed by atoms with Gasteiger partial charge in [-0.25, -0.2) is 0 Å². The van der Waals surface area contributed by atoms with E-state index >= 15 is 0 Å². The average Bonchev–Trinajstić information content (AvgIpc) is 3.22. The number of ether oxygens (including phenoxy) is 1. The number of aryl methyl sites for hydroxylation is 3. The highest BCUT2D eigenvalue weighted by atomic mass is 16.5. The van der Waals surface area contributed by atoms with Crippen molar-refractivity contribution in [3.05, 3.63) is 71.1 Å². The summed E-state index contributed by atoms with van der Waals surface area (Å²) in [7, 11) is 1.55. The molecule has 1 heterocycles. The van der Waals surface area contributed by atoms with Crippen LogP contribution in [0.15, 0.2) is 53.2 Å². The summed E-state index contributed by atoms with van der Waals surface area (Å²) >= 11 is 0. The third-order valence-corrected chi connectivity index (χ3v) is 4.47. The number of nitrogens with zero attached hydrogens (tertiary/aromatic N) is 1. The first-order valence-corrected chi connectivity index (χ1v) is 9.22. The zero-order valence-electron chi connectivity index (χ0n) is 16.6. The molecule has 0 aliphatic carbocycles. The minimum absolute atomic E-state index is 0.164. The summed E-state index contributed by atoms with van der Waals surface area (Å²) in [6, 6.07) is 12.5. The Kier molecular flexibility index (Phi) is 6.29.